The minimum Gasteiger partial charge on any atom is -0.213 e. The third kappa shape index (κ3) is 2.22. The van der Waals surface area contributed by atoms with Gasteiger partial charge in [-0.05, 0) is 12.8 Å². The zero-order valence-electron chi connectivity index (χ0n) is 7.56. The van der Waals surface area contributed by atoms with Crippen molar-refractivity contribution in [1.29, 1.82) is 0 Å². The van der Waals surface area contributed by atoms with Crippen molar-refractivity contribution in [3.63, 3.8) is 0 Å². The van der Waals surface area contributed by atoms with Gasteiger partial charge in [-0.15, -0.1) is 0 Å². The molecule has 4 nitrogen and oxygen atoms in total. The predicted molar refractivity (Wildman–Crippen MR) is 50.6 cm³/mol. The molecule has 0 unspecified atom stereocenters. The average Bonchev–Trinajstić information content (AvgIpc) is 2.04. The summed E-state index contributed by atoms with van der Waals surface area (Å²) < 4.78 is 44.8. The molecule has 0 radical (unpaired) electrons. The molecule has 1 aliphatic rings. The predicted octanol–water partition coefficient (Wildman–Crippen LogP) is 0.693. The summed E-state index contributed by atoms with van der Waals surface area (Å²) >= 11 is 0. The van der Waals surface area contributed by atoms with Crippen LogP contribution in [0.15, 0.2) is 0 Å². The summed E-state index contributed by atoms with van der Waals surface area (Å²) in [5.41, 5.74) is 0. The van der Waals surface area contributed by atoms with E-state index in [4.69, 9.17) is 0 Å². The standard InChI is InChI=1S/C7H14O4S2/c1-12(8,9)13(10,11)7-5-3-2-4-6-7/h7H,2-6H2,1H3. The first-order chi connectivity index (χ1) is 5.86. The van der Waals surface area contributed by atoms with E-state index in [1.807, 2.05) is 0 Å². The fraction of sp³-hybridized carbons (Fsp3) is 1.00. The second-order valence-corrected chi connectivity index (χ2v) is 9.73. The lowest BCUT2D eigenvalue weighted by Crippen LogP contribution is -2.29. The van der Waals surface area contributed by atoms with Crippen LogP contribution in [-0.4, -0.2) is 28.3 Å². The summed E-state index contributed by atoms with van der Waals surface area (Å²) in [5, 5.41) is -0.656. The van der Waals surface area contributed by atoms with Gasteiger partial charge in [0.1, 0.15) is 0 Å². The minimum atomic E-state index is -3.93. The van der Waals surface area contributed by atoms with E-state index in [1.54, 1.807) is 0 Å². The van der Waals surface area contributed by atoms with Crippen LogP contribution >= 0.6 is 0 Å². The van der Waals surface area contributed by atoms with Gasteiger partial charge in [-0.2, -0.15) is 0 Å². The van der Waals surface area contributed by atoms with E-state index in [1.165, 1.54) is 0 Å². The molecule has 0 spiro atoms. The fourth-order valence-electron chi connectivity index (χ4n) is 1.60. The van der Waals surface area contributed by atoms with E-state index in [0.29, 0.717) is 12.8 Å². The fourth-order valence-corrected chi connectivity index (χ4v) is 5.07. The van der Waals surface area contributed by atoms with E-state index in [2.05, 4.69) is 0 Å². The molecule has 0 N–H and O–H groups in total. The highest BCUT2D eigenvalue weighted by atomic mass is 33.2. The van der Waals surface area contributed by atoms with Crippen LogP contribution in [0.3, 0.4) is 0 Å². The highest BCUT2D eigenvalue weighted by Crippen LogP contribution is 2.26. The Balaban J connectivity index is 2.93. The first-order valence-electron chi connectivity index (χ1n) is 4.29. The Morgan fingerprint density at radius 1 is 0.923 bits per heavy atom. The van der Waals surface area contributed by atoms with E-state index in [9.17, 15) is 16.8 Å². The van der Waals surface area contributed by atoms with E-state index in [-0.39, 0.29) is 0 Å². The molecule has 78 valence electrons. The molecular weight excluding hydrogens is 212 g/mol. The molecule has 0 aliphatic heterocycles. The zero-order chi connectivity index (χ0) is 10.1. The van der Waals surface area contributed by atoms with Gasteiger partial charge in [0.15, 0.2) is 0 Å². The summed E-state index contributed by atoms with van der Waals surface area (Å²) in [6.07, 6.45) is 4.41. The second-order valence-electron chi connectivity index (χ2n) is 3.46. The third-order valence-corrected chi connectivity index (χ3v) is 7.86. The molecule has 1 rings (SSSR count). The molecule has 6 heteroatoms. The molecule has 0 aromatic rings. The van der Waals surface area contributed by atoms with Crippen molar-refractivity contribution in [3.8, 4) is 0 Å². The summed E-state index contributed by atoms with van der Waals surface area (Å²) in [6.45, 7) is 0. The Bertz CT molecular complexity index is 359. The lowest BCUT2D eigenvalue weighted by atomic mass is 10.0. The number of hydrogen-bond donors (Lipinski definition) is 0. The summed E-state index contributed by atoms with van der Waals surface area (Å²) in [7, 11) is -7.86. The van der Waals surface area contributed by atoms with Crippen molar-refractivity contribution < 1.29 is 16.8 Å². The van der Waals surface area contributed by atoms with E-state index >= 15 is 0 Å². The Hall–Kier alpha value is -0.100. The average molecular weight is 226 g/mol. The maximum absolute atomic E-state index is 11.4. The maximum atomic E-state index is 11.4. The Morgan fingerprint density at radius 3 is 1.77 bits per heavy atom. The zero-order valence-corrected chi connectivity index (χ0v) is 9.20. The molecular formula is C7H14O4S2. The van der Waals surface area contributed by atoms with Crippen LogP contribution in [0.25, 0.3) is 0 Å². The Labute approximate surface area is 78.6 Å². The highest BCUT2D eigenvalue weighted by Gasteiger charge is 2.35. The first kappa shape index (κ1) is 11.0. The molecule has 0 aromatic carbocycles. The molecule has 13 heavy (non-hydrogen) atoms. The van der Waals surface area contributed by atoms with E-state index < -0.39 is 23.0 Å². The normalized spacial score (nSPS) is 21.6. The van der Waals surface area contributed by atoms with Crippen molar-refractivity contribution >= 4 is 17.7 Å². The van der Waals surface area contributed by atoms with Crippen molar-refractivity contribution in [2.24, 2.45) is 0 Å². The monoisotopic (exact) mass is 226 g/mol. The summed E-state index contributed by atoms with van der Waals surface area (Å²) in [6, 6.07) is 0. The minimum absolute atomic E-state index is 0.495. The number of rotatable bonds is 2. The molecule has 1 fully saturated rings. The summed E-state index contributed by atoms with van der Waals surface area (Å²) in [4.78, 5) is 0. The SMILES string of the molecule is CS(=O)(=O)S(=O)(=O)C1CCCCC1. The molecule has 0 aromatic heterocycles. The van der Waals surface area contributed by atoms with Crippen molar-refractivity contribution in [2.75, 3.05) is 6.26 Å². The quantitative estimate of drug-likeness (QED) is 0.650. The summed E-state index contributed by atoms with van der Waals surface area (Å²) in [5.74, 6) is 0. The molecule has 0 heterocycles. The van der Waals surface area contributed by atoms with Crippen LogP contribution in [0, 0.1) is 0 Å². The van der Waals surface area contributed by atoms with Gasteiger partial charge in [0.25, 0.3) is 17.7 Å². The lowest BCUT2D eigenvalue weighted by Gasteiger charge is -2.20. The maximum Gasteiger partial charge on any atom is 0.256 e. The smallest absolute Gasteiger partial charge is 0.213 e. The van der Waals surface area contributed by atoms with Gasteiger partial charge in [0, 0.05) is 0 Å². The van der Waals surface area contributed by atoms with Gasteiger partial charge >= 0.3 is 0 Å². The van der Waals surface area contributed by atoms with Crippen LogP contribution < -0.4 is 0 Å². The van der Waals surface area contributed by atoms with Gasteiger partial charge in [-0.1, -0.05) is 19.3 Å². The van der Waals surface area contributed by atoms with Crippen LogP contribution in [0.1, 0.15) is 32.1 Å². The first-order valence-corrected chi connectivity index (χ1v) is 8.25. The van der Waals surface area contributed by atoms with Gasteiger partial charge in [-0.3, -0.25) is 0 Å². The van der Waals surface area contributed by atoms with E-state index in [0.717, 1.165) is 25.5 Å². The second kappa shape index (κ2) is 3.57. The third-order valence-electron chi connectivity index (χ3n) is 2.38. The Kier molecular flexibility index (Phi) is 3.01. The van der Waals surface area contributed by atoms with Gasteiger partial charge in [0.05, 0.1) is 11.5 Å². The lowest BCUT2D eigenvalue weighted by molar-refractivity contribution is 0.488. The van der Waals surface area contributed by atoms with Crippen LogP contribution in [-0.2, 0) is 17.7 Å². The van der Waals surface area contributed by atoms with Gasteiger partial charge in [-0.25, -0.2) is 16.8 Å². The molecule has 0 saturated heterocycles. The highest BCUT2D eigenvalue weighted by molar-refractivity contribution is 8.67. The van der Waals surface area contributed by atoms with Gasteiger partial charge in [0.2, 0.25) is 0 Å². The molecule has 0 amide bonds. The van der Waals surface area contributed by atoms with Crippen molar-refractivity contribution in [2.45, 2.75) is 37.4 Å². The Morgan fingerprint density at radius 2 is 1.38 bits per heavy atom. The molecule has 1 aliphatic carbocycles. The molecule has 1 saturated carbocycles. The van der Waals surface area contributed by atoms with Crippen LogP contribution in [0.5, 0.6) is 0 Å². The van der Waals surface area contributed by atoms with Crippen LogP contribution in [0.2, 0.25) is 0 Å². The molecule has 0 atom stereocenters. The van der Waals surface area contributed by atoms with Gasteiger partial charge < -0.3 is 0 Å². The largest absolute Gasteiger partial charge is 0.256 e. The van der Waals surface area contributed by atoms with Crippen LogP contribution in [0.4, 0.5) is 0 Å². The topological polar surface area (TPSA) is 68.3 Å². The van der Waals surface area contributed by atoms with Crippen molar-refractivity contribution in [1.82, 2.24) is 0 Å². The number of hydrogen-bond acceptors (Lipinski definition) is 4. The van der Waals surface area contributed by atoms with Crippen molar-refractivity contribution in [3.05, 3.63) is 0 Å². The molecule has 0 bridgehead atoms.